The summed E-state index contributed by atoms with van der Waals surface area (Å²) in [6, 6.07) is 6.16. The molecule has 1 aromatic rings. The molecule has 0 radical (unpaired) electrons. The molecule has 0 unspecified atom stereocenters. The molecular formula is C12H12F3N3O3S. The van der Waals surface area contributed by atoms with Crippen LogP contribution < -0.4 is 10.0 Å². The van der Waals surface area contributed by atoms with Gasteiger partial charge in [0.25, 0.3) is 5.91 Å². The standard InChI is InChI=1S/C12H12F3N3O3S/c13-12(14,15)8-17-11(19)9-2-4-10(5-3-9)22(20,21)18-7-1-6-16/h2-5,18H,1,7-8H2,(H,17,19). The number of alkyl halides is 3. The lowest BCUT2D eigenvalue weighted by Crippen LogP contribution is -2.33. The van der Waals surface area contributed by atoms with Gasteiger partial charge in [-0.1, -0.05) is 0 Å². The van der Waals surface area contributed by atoms with E-state index in [0.717, 1.165) is 24.3 Å². The van der Waals surface area contributed by atoms with Gasteiger partial charge in [0.15, 0.2) is 0 Å². The van der Waals surface area contributed by atoms with E-state index in [-0.39, 0.29) is 23.4 Å². The van der Waals surface area contributed by atoms with Gasteiger partial charge in [-0.3, -0.25) is 4.79 Å². The van der Waals surface area contributed by atoms with E-state index in [1.807, 2.05) is 0 Å². The maximum atomic E-state index is 12.0. The van der Waals surface area contributed by atoms with E-state index >= 15 is 0 Å². The van der Waals surface area contributed by atoms with Crippen LogP contribution in [0.4, 0.5) is 13.2 Å². The smallest absolute Gasteiger partial charge is 0.343 e. The first-order chi connectivity index (χ1) is 10.2. The van der Waals surface area contributed by atoms with Crippen molar-refractivity contribution in [3.63, 3.8) is 0 Å². The Balaban J connectivity index is 2.74. The van der Waals surface area contributed by atoms with Crippen LogP contribution in [-0.4, -0.2) is 33.6 Å². The lowest BCUT2D eigenvalue weighted by atomic mass is 10.2. The number of rotatable bonds is 6. The van der Waals surface area contributed by atoms with Crippen molar-refractivity contribution < 1.29 is 26.4 Å². The van der Waals surface area contributed by atoms with E-state index in [2.05, 4.69) is 4.72 Å². The highest BCUT2D eigenvalue weighted by Crippen LogP contribution is 2.14. The summed E-state index contributed by atoms with van der Waals surface area (Å²) in [5.41, 5.74) is -0.0970. The summed E-state index contributed by atoms with van der Waals surface area (Å²) in [5, 5.41) is 10.0. The van der Waals surface area contributed by atoms with Crippen LogP contribution in [0.3, 0.4) is 0 Å². The Bertz CT molecular complexity index is 664. The predicted molar refractivity (Wildman–Crippen MR) is 70.2 cm³/mol. The first-order valence-corrected chi connectivity index (χ1v) is 7.46. The Morgan fingerprint density at radius 3 is 2.32 bits per heavy atom. The lowest BCUT2D eigenvalue weighted by Gasteiger charge is -2.09. The van der Waals surface area contributed by atoms with E-state index in [0.29, 0.717) is 0 Å². The number of carbonyl (C=O) groups is 1. The zero-order valence-corrected chi connectivity index (χ0v) is 12.0. The predicted octanol–water partition coefficient (Wildman–Crippen LogP) is 1.17. The van der Waals surface area contributed by atoms with Crippen LogP contribution in [0.5, 0.6) is 0 Å². The fourth-order valence-corrected chi connectivity index (χ4v) is 2.42. The fourth-order valence-electron chi connectivity index (χ4n) is 1.39. The van der Waals surface area contributed by atoms with Gasteiger partial charge >= 0.3 is 6.18 Å². The molecule has 0 spiro atoms. The van der Waals surface area contributed by atoms with E-state index in [9.17, 15) is 26.4 Å². The molecule has 1 rings (SSSR count). The van der Waals surface area contributed by atoms with Crippen LogP contribution in [0.25, 0.3) is 0 Å². The zero-order valence-electron chi connectivity index (χ0n) is 11.1. The van der Waals surface area contributed by atoms with Crippen molar-refractivity contribution in [3.8, 4) is 6.07 Å². The van der Waals surface area contributed by atoms with Gasteiger partial charge in [0, 0.05) is 18.5 Å². The SMILES string of the molecule is N#CCCNS(=O)(=O)c1ccc(C(=O)NCC(F)(F)F)cc1. The molecule has 0 heterocycles. The summed E-state index contributed by atoms with van der Waals surface area (Å²) in [6.45, 7) is -1.53. The minimum atomic E-state index is -4.52. The Labute approximate surface area is 125 Å². The van der Waals surface area contributed by atoms with Crippen molar-refractivity contribution in [2.45, 2.75) is 17.5 Å². The highest BCUT2D eigenvalue weighted by Gasteiger charge is 2.27. The normalized spacial score (nSPS) is 11.7. The molecule has 0 fully saturated rings. The number of nitrogens with one attached hydrogen (secondary N) is 2. The van der Waals surface area contributed by atoms with Crippen molar-refractivity contribution in [2.75, 3.05) is 13.1 Å². The number of hydrogen-bond acceptors (Lipinski definition) is 4. The molecule has 120 valence electrons. The zero-order chi connectivity index (χ0) is 16.8. The Hall–Kier alpha value is -2.12. The quantitative estimate of drug-likeness (QED) is 0.762. The summed E-state index contributed by atoms with van der Waals surface area (Å²) in [6.07, 6.45) is -4.53. The molecule has 10 heteroatoms. The molecule has 0 saturated heterocycles. The minimum Gasteiger partial charge on any atom is -0.343 e. The third-order valence-corrected chi connectivity index (χ3v) is 3.88. The van der Waals surface area contributed by atoms with Crippen LogP contribution in [0.15, 0.2) is 29.2 Å². The highest BCUT2D eigenvalue weighted by molar-refractivity contribution is 7.89. The molecule has 0 saturated carbocycles. The molecule has 0 atom stereocenters. The van der Waals surface area contributed by atoms with Crippen LogP contribution in [0.2, 0.25) is 0 Å². The number of nitrogens with zero attached hydrogens (tertiary/aromatic N) is 1. The second-order valence-corrected chi connectivity index (χ2v) is 5.90. The van der Waals surface area contributed by atoms with E-state index in [4.69, 9.17) is 5.26 Å². The average Bonchev–Trinajstić information content (AvgIpc) is 2.44. The van der Waals surface area contributed by atoms with Crippen molar-refractivity contribution in [1.29, 1.82) is 5.26 Å². The number of sulfonamides is 1. The molecule has 0 aliphatic heterocycles. The number of amides is 1. The molecule has 1 amide bonds. The van der Waals surface area contributed by atoms with E-state index < -0.39 is 28.7 Å². The third kappa shape index (κ3) is 5.71. The van der Waals surface area contributed by atoms with Crippen molar-refractivity contribution in [2.24, 2.45) is 0 Å². The number of carbonyl (C=O) groups excluding carboxylic acids is 1. The lowest BCUT2D eigenvalue weighted by molar-refractivity contribution is -0.123. The largest absolute Gasteiger partial charge is 0.405 e. The van der Waals surface area contributed by atoms with Crippen molar-refractivity contribution in [3.05, 3.63) is 29.8 Å². The fraction of sp³-hybridized carbons (Fsp3) is 0.333. The van der Waals surface area contributed by atoms with Gasteiger partial charge < -0.3 is 5.32 Å². The summed E-state index contributed by atoms with van der Waals surface area (Å²) in [4.78, 5) is 11.3. The number of nitriles is 1. The van der Waals surface area contributed by atoms with Gasteiger partial charge in [-0.25, -0.2) is 13.1 Å². The van der Waals surface area contributed by atoms with Gasteiger partial charge in [0.2, 0.25) is 10.0 Å². The molecule has 2 N–H and O–H groups in total. The monoisotopic (exact) mass is 335 g/mol. The maximum absolute atomic E-state index is 12.0. The molecule has 0 aliphatic carbocycles. The first-order valence-electron chi connectivity index (χ1n) is 5.97. The van der Waals surface area contributed by atoms with E-state index in [1.165, 1.54) is 0 Å². The van der Waals surface area contributed by atoms with Crippen LogP contribution >= 0.6 is 0 Å². The van der Waals surface area contributed by atoms with Gasteiger partial charge in [-0.15, -0.1) is 0 Å². The summed E-state index contributed by atoms with van der Waals surface area (Å²) in [5.74, 6) is -0.960. The van der Waals surface area contributed by atoms with Crippen LogP contribution in [0, 0.1) is 11.3 Å². The molecule has 0 aromatic heterocycles. The van der Waals surface area contributed by atoms with Crippen LogP contribution in [-0.2, 0) is 10.0 Å². The topological polar surface area (TPSA) is 99.1 Å². The Morgan fingerprint density at radius 1 is 1.23 bits per heavy atom. The summed E-state index contributed by atoms with van der Waals surface area (Å²) < 4.78 is 61.6. The summed E-state index contributed by atoms with van der Waals surface area (Å²) in [7, 11) is -3.82. The van der Waals surface area contributed by atoms with Gasteiger partial charge in [-0.05, 0) is 24.3 Å². The molecule has 22 heavy (non-hydrogen) atoms. The van der Waals surface area contributed by atoms with Crippen LogP contribution in [0.1, 0.15) is 16.8 Å². The van der Waals surface area contributed by atoms with Gasteiger partial charge in [0.1, 0.15) is 6.54 Å². The molecule has 1 aromatic carbocycles. The number of hydrogen-bond donors (Lipinski definition) is 2. The molecule has 0 aliphatic rings. The molecule has 0 bridgehead atoms. The summed E-state index contributed by atoms with van der Waals surface area (Å²) >= 11 is 0. The van der Waals surface area contributed by atoms with Crippen molar-refractivity contribution >= 4 is 15.9 Å². The Morgan fingerprint density at radius 2 is 1.82 bits per heavy atom. The maximum Gasteiger partial charge on any atom is 0.405 e. The average molecular weight is 335 g/mol. The first kappa shape index (κ1) is 17.9. The third-order valence-electron chi connectivity index (χ3n) is 2.41. The van der Waals surface area contributed by atoms with Gasteiger partial charge in [0.05, 0.1) is 11.0 Å². The second-order valence-electron chi connectivity index (χ2n) is 4.13. The Kier molecular flexibility index (Phi) is 5.90. The molecule has 6 nitrogen and oxygen atoms in total. The van der Waals surface area contributed by atoms with E-state index in [1.54, 1.807) is 11.4 Å². The number of benzene rings is 1. The minimum absolute atomic E-state index is 0.00282. The van der Waals surface area contributed by atoms with Gasteiger partial charge in [-0.2, -0.15) is 18.4 Å². The second kappa shape index (κ2) is 7.24. The number of halogens is 3. The van der Waals surface area contributed by atoms with Crippen molar-refractivity contribution in [1.82, 2.24) is 10.0 Å². The molecular weight excluding hydrogens is 323 g/mol. The highest BCUT2D eigenvalue weighted by atomic mass is 32.2.